The van der Waals surface area contributed by atoms with Gasteiger partial charge in [-0.15, -0.1) is 0 Å². The van der Waals surface area contributed by atoms with E-state index in [1.54, 1.807) is 12.4 Å². The minimum absolute atomic E-state index is 0.00680. The van der Waals surface area contributed by atoms with Gasteiger partial charge in [-0.3, -0.25) is 9.48 Å². The summed E-state index contributed by atoms with van der Waals surface area (Å²) in [7, 11) is 0. The van der Waals surface area contributed by atoms with E-state index in [0.717, 1.165) is 48.6 Å². The number of imidazole rings is 1. The molecule has 0 radical (unpaired) electrons. The zero-order valence-electron chi connectivity index (χ0n) is 15.6. The van der Waals surface area contributed by atoms with E-state index in [9.17, 15) is 9.90 Å². The maximum atomic E-state index is 13.2. The molecule has 7 nitrogen and oxygen atoms in total. The molecule has 0 spiro atoms. The van der Waals surface area contributed by atoms with Crippen molar-refractivity contribution >= 4 is 5.91 Å². The Kier molecular flexibility index (Phi) is 4.24. The highest BCUT2D eigenvalue weighted by Gasteiger charge is 2.33. The average Bonchev–Trinajstić information content (AvgIpc) is 3.34. The van der Waals surface area contributed by atoms with Crippen LogP contribution in [0.3, 0.4) is 0 Å². The highest BCUT2D eigenvalue weighted by molar-refractivity contribution is 5.95. The maximum Gasteiger partial charge on any atom is 0.254 e. The van der Waals surface area contributed by atoms with Gasteiger partial charge >= 0.3 is 0 Å². The van der Waals surface area contributed by atoms with E-state index in [1.807, 2.05) is 39.9 Å². The van der Waals surface area contributed by atoms with Crippen LogP contribution in [0.1, 0.15) is 47.1 Å². The lowest BCUT2D eigenvalue weighted by Gasteiger charge is -2.20. The second kappa shape index (κ2) is 6.91. The SMILES string of the molecule is O=C(c1cccc(-c2ncc[nH]2)c1)N1CCCn2nc([C@@H](O)C3CC3)cc2C1. The van der Waals surface area contributed by atoms with Gasteiger partial charge in [-0.1, -0.05) is 12.1 Å². The normalized spacial score (nSPS) is 17.8. The molecule has 0 unspecified atom stereocenters. The van der Waals surface area contributed by atoms with Crippen molar-refractivity contribution in [2.45, 2.75) is 38.5 Å². The van der Waals surface area contributed by atoms with E-state index in [4.69, 9.17) is 0 Å². The summed E-state index contributed by atoms with van der Waals surface area (Å²) >= 11 is 0. The van der Waals surface area contributed by atoms with Crippen LogP contribution in [0.15, 0.2) is 42.7 Å². The molecule has 7 heteroatoms. The molecular formula is C21H23N5O2. The number of hydrogen-bond donors (Lipinski definition) is 2. The van der Waals surface area contributed by atoms with Crippen molar-refractivity contribution < 1.29 is 9.90 Å². The highest BCUT2D eigenvalue weighted by atomic mass is 16.3. The predicted molar refractivity (Wildman–Crippen MR) is 103 cm³/mol. The molecule has 1 aliphatic carbocycles. The van der Waals surface area contributed by atoms with Crippen LogP contribution >= 0.6 is 0 Å². The Morgan fingerprint density at radius 2 is 2.14 bits per heavy atom. The summed E-state index contributed by atoms with van der Waals surface area (Å²) in [5.74, 6) is 1.11. The molecule has 2 aliphatic rings. The summed E-state index contributed by atoms with van der Waals surface area (Å²) in [6, 6.07) is 9.52. The molecular weight excluding hydrogens is 354 g/mol. The number of benzene rings is 1. The van der Waals surface area contributed by atoms with Gasteiger partial charge in [0.25, 0.3) is 5.91 Å². The summed E-state index contributed by atoms with van der Waals surface area (Å²) in [4.78, 5) is 22.4. The van der Waals surface area contributed by atoms with Crippen molar-refractivity contribution in [3.05, 3.63) is 59.7 Å². The summed E-state index contributed by atoms with van der Waals surface area (Å²) in [5, 5.41) is 15.0. The summed E-state index contributed by atoms with van der Waals surface area (Å²) in [6.45, 7) is 1.96. The van der Waals surface area contributed by atoms with Crippen molar-refractivity contribution in [3.8, 4) is 11.4 Å². The second-order valence-electron chi connectivity index (χ2n) is 7.66. The number of amides is 1. The van der Waals surface area contributed by atoms with Gasteiger partial charge < -0.3 is 15.0 Å². The number of rotatable bonds is 4. The first kappa shape index (κ1) is 17.2. The number of aryl methyl sites for hydroxylation is 1. The molecule has 0 bridgehead atoms. The fourth-order valence-electron chi connectivity index (χ4n) is 3.86. The Bertz CT molecular complexity index is 990. The molecule has 3 heterocycles. The molecule has 0 saturated heterocycles. The topological polar surface area (TPSA) is 87.0 Å². The minimum atomic E-state index is -0.478. The Morgan fingerprint density at radius 3 is 2.93 bits per heavy atom. The number of carbonyl (C=O) groups is 1. The zero-order valence-corrected chi connectivity index (χ0v) is 15.6. The van der Waals surface area contributed by atoms with Crippen LogP contribution in [-0.2, 0) is 13.1 Å². The maximum absolute atomic E-state index is 13.2. The number of aliphatic hydroxyl groups is 1. The third-order valence-electron chi connectivity index (χ3n) is 5.57. The van der Waals surface area contributed by atoms with E-state index >= 15 is 0 Å². The second-order valence-corrected chi connectivity index (χ2v) is 7.66. The van der Waals surface area contributed by atoms with E-state index in [-0.39, 0.29) is 5.91 Å². The molecule has 28 heavy (non-hydrogen) atoms. The third kappa shape index (κ3) is 3.22. The van der Waals surface area contributed by atoms with E-state index in [2.05, 4.69) is 15.1 Å². The van der Waals surface area contributed by atoms with Crippen molar-refractivity contribution in [1.29, 1.82) is 0 Å². The highest BCUT2D eigenvalue weighted by Crippen LogP contribution is 2.40. The van der Waals surface area contributed by atoms with Crippen LogP contribution in [-0.4, -0.2) is 42.2 Å². The van der Waals surface area contributed by atoms with Gasteiger partial charge in [0.1, 0.15) is 11.9 Å². The molecule has 1 atom stereocenters. The smallest absolute Gasteiger partial charge is 0.254 e. The first-order chi connectivity index (χ1) is 13.7. The number of hydrogen-bond acceptors (Lipinski definition) is 4. The van der Waals surface area contributed by atoms with E-state index in [0.29, 0.717) is 24.6 Å². The van der Waals surface area contributed by atoms with E-state index in [1.165, 1.54) is 0 Å². The molecule has 5 rings (SSSR count). The third-order valence-corrected chi connectivity index (χ3v) is 5.57. The molecule has 2 N–H and O–H groups in total. The van der Waals surface area contributed by atoms with Crippen LogP contribution < -0.4 is 0 Å². The lowest BCUT2D eigenvalue weighted by atomic mass is 10.1. The first-order valence-electron chi connectivity index (χ1n) is 9.83. The number of aromatic nitrogens is 4. The monoisotopic (exact) mass is 377 g/mol. The fourth-order valence-corrected chi connectivity index (χ4v) is 3.86. The van der Waals surface area contributed by atoms with Gasteiger partial charge in [-0.25, -0.2) is 4.98 Å². The average molecular weight is 377 g/mol. The number of H-pyrrole nitrogens is 1. The molecule has 2 aromatic heterocycles. The number of aliphatic hydroxyl groups excluding tert-OH is 1. The fraction of sp³-hybridized carbons (Fsp3) is 0.381. The summed E-state index contributed by atoms with van der Waals surface area (Å²) < 4.78 is 1.95. The molecule has 1 amide bonds. The van der Waals surface area contributed by atoms with Crippen molar-refractivity contribution in [3.63, 3.8) is 0 Å². The lowest BCUT2D eigenvalue weighted by Crippen LogP contribution is -2.30. The zero-order chi connectivity index (χ0) is 19.1. The standard InChI is InChI=1S/C21H23N5O2/c27-19(14-5-6-14)18-12-17-13-25(9-2-10-26(17)24-18)21(28)16-4-1-3-15(11-16)20-22-7-8-23-20/h1,3-4,7-8,11-12,14,19,27H,2,5-6,9-10,13H2,(H,22,23)/t19-/m0/s1. The molecule has 1 saturated carbocycles. The van der Waals surface area contributed by atoms with Crippen molar-refractivity contribution in [2.75, 3.05) is 6.54 Å². The Balaban J connectivity index is 1.38. The summed E-state index contributed by atoms with van der Waals surface area (Å²) in [5.41, 5.74) is 3.28. The van der Waals surface area contributed by atoms with Crippen LogP contribution in [0.4, 0.5) is 0 Å². The Labute approximate surface area is 163 Å². The van der Waals surface area contributed by atoms with Gasteiger partial charge in [0.15, 0.2) is 0 Å². The molecule has 1 aliphatic heterocycles. The van der Waals surface area contributed by atoms with Crippen LogP contribution in [0, 0.1) is 5.92 Å². The van der Waals surface area contributed by atoms with Crippen molar-refractivity contribution in [2.24, 2.45) is 5.92 Å². The Morgan fingerprint density at radius 1 is 1.25 bits per heavy atom. The quantitative estimate of drug-likeness (QED) is 0.732. The van der Waals surface area contributed by atoms with Gasteiger partial charge in [-0.05, 0) is 43.4 Å². The van der Waals surface area contributed by atoms with E-state index < -0.39 is 6.10 Å². The number of fused-ring (bicyclic) bond motifs is 1. The molecule has 144 valence electrons. The molecule has 1 aromatic carbocycles. The first-order valence-corrected chi connectivity index (χ1v) is 9.83. The number of nitrogens with zero attached hydrogens (tertiary/aromatic N) is 4. The Hall–Kier alpha value is -2.93. The number of nitrogens with one attached hydrogen (secondary N) is 1. The number of aromatic amines is 1. The van der Waals surface area contributed by atoms with Gasteiger partial charge in [0.2, 0.25) is 0 Å². The minimum Gasteiger partial charge on any atom is -0.386 e. The van der Waals surface area contributed by atoms with Gasteiger partial charge in [0, 0.05) is 36.6 Å². The largest absolute Gasteiger partial charge is 0.386 e. The van der Waals surface area contributed by atoms with Crippen LogP contribution in [0.5, 0.6) is 0 Å². The van der Waals surface area contributed by atoms with Gasteiger partial charge in [-0.2, -0.15) is 5.10 Å². The van der Waals surface area contributed by atoms with Crippen molar-refractivity contribution in [1.82, 2.24) is 24.6 Å². The number of carbonyl (C=O) groups excluding carboxylic acids is 1. The predicted octanol–water partition coefficient (Wildman–Crippen LogP) is 2.76. The van der Waals surface area contributed by atoms with Gasteiger partial charge in [0.05, 0.1) is 17.9 Å². The van der Waals surface area contributed by atoms with Crippen LogP contribution in [0.25, 0.3) is 11.4 Å². The summed E-state index contributed by atoms with van der Waals surface area (Å²) in [6.07, 6.45) is 5.98. The lowest BCUT2D eigenvalue weighted by molar-refractivity contribution is 0.0745. The van der Waals surface area contributed by atoms with Crippen LogP contribution in [0.2, 0.25) is 0 Å². The molecule has 1 fully saturated rings. The molecule has 3 aromatic rings.